The van der Waals surface area contributed by atoms with Gasteiger partial charge in [-0.25, -0.2) is 4.79 Å². The maximum Gasteiger partial charge on any atom is 0.323 e. The Morgan fingerprint density at radius 3 is 2.09 bits per heavy atom. The van der Waals surface area contributed by atoms with Gasteiger partial charge in [0.05, 0.1) is 9.95 Å². The predicted octanol–water partition coefficient (Wildman–Crippen LogP) is 7.64. The minimum atomic E-state index is -0.517. The molecule has 0 bridgehead atoms. The summed E-state index contributed by atoms with van der Waals surface area (Å²) >= 11 is 12.5. The summed E-state index contributed by atoms with van der Waals surface area (Å²) in [5, 5.41) is 16.9. The third-order valence-corrected chi connectivity index (χ3v) is 5.03. The predicted molar refractivity (Wildman–Crippen MR) is 127 cm³/mol. The largest absolute Gasteiger partial charge is 0.455 e. The molecule has 3 rings (SSSR count). The lowest BCUT2D eigenvalue weighted by atomic mass is 9.86. The van der Waals surface area contributed by atoms with Crippen molar-refractivity contribution in [2.24, 2.45) is 0 Å². The molecule has 0 aromatic heterocycles. The number of benzene rings is 3. The molecule has 3 aromatic carbocycles. The van der Waals surface area contributed by atoms with Crippen LogP contribution in [0.4, 0.5) is 21.9 Å². The van der Waals surface area contributed by atoms with E-state index in [1.54, 1.807) is 30.3 Å². The third kappa shape index (κ3) is 5.90. The van der Waals surface area contributed by atoms with E-state index in [9.17, 15) is 14.9 Å². The van der Waals surface area contributed by atoms with E-state index in [0.29, 0.717) is 32.9 Å². The van der Waals surface area contributed by atoms with E-state index in [4.69, 9.17) is 27.9 Å². The number of anilines is 2. The Morgan fingerprint density at radius 2 is 1.50 bits per heavy atom. The van der Waals surface area contributed by atoms with E-state index in [0.717, 1.165) is 5.56 Å². The van der Waals surface area contributed by atoms with Gasteiger partial charge < -0.3 is 15.4 Å². The number of urea groups is 1. The van der Waals surface area contributed by atoms with Crippen molar-refractivity contribution in [2.45, 2.75) is 26.2 Å². The fourth-order valence-corrected chi connectivity index (χ4v) is 3.31. The summed E-state index contributed by atoms with van der Waals surface area (Å²) in [4.78, 5) is 22.4. The number of rotatable bonds is 5. The first-order valence-corrected chi connectivity index (χ1v) is 10.4. The van der Waals surface area contributed by atoms with Crippen LogP contribution in [-0.2, 0) is 5.41 Å². The fourth-order valence-electron chi connectivity index (χ4n) is 2.92. The number of nitrogens with one attached hydrogen (secondary N) is 2. The number of nitrogens with zero attached hydrogens (tertiary/aromatic N) is 1. The van der Waals surface area contributed by atoms with Crippen molar-refractivity contribution in [1.29, 1.82) is 0 Å². The summed E-state index contributed by atoms with van der Waals surface area (Å²) in [7, 11) is 0. The Kier molecular flexibility index (Phi) is 6.91. The van der Waals surface area contributed by atoms with Crippen LogP contribution in [0.3, 0.4) is 0 Å². The minimum Gasteiger partial charge on any atom is -0.455 e. The molecule has 0 radical (unpaired) electrons. The number of nitro benzene ring substituents is 1. The molecule has 0 aliphatic carbocycles. The molecule has 0 spiro atoms. The van der Waals surface area contributed by atoms with E-state index >= 15 is 0 Å². The minimum absolute atomic E-state index is 0.0614. The lowest BCUT2D eigenvalue weighted by molar-refractivity contribution is -0.384. The van der Waals surface area contributed by atoms with Gasteiger partial charge in [-0.05, 0) is 53.9 Å². The van der Waals surface area contributed by atoms with E-state index in [1.807, 2.05) is 6.07 Å². The van der Waals surface area contributed by atoms with E-state index in [1.165, 1.54) is 24.3 Å². The van der Waals surface area contributed by atoms with Crippen molar-refractivity contribution < 1.29 is 14.5 Å². The van der Waals surface area contributed by atoms with E-state index in [-0.39, 0.29) is 11.1 Å². The van der Waals surface area contributed by atoms with Crippen LogP contribution in [0.5, 0.6) is 11.5 Å². The Hall–Kier alpha value is -3.29. The molecule has 0 heterocycles. The first-order chi connectivity index (χ1) is 15.0. The first kappa shape index (κ1) is 23.4. The number of amides is 2. The van der Waals surface area contributed by atoms with Crippen molar-refractivity contribution in [3.8, 4) is 11.5 Å². The molecule has 0 saturated carbocycles. The number of carbonyl (C=O) groups is 1. The molecule has 0 aliphatic rings. The normalized spacial score (nSPS) is 11.0. The quantitative estimate of drug-likeness (QED) is 0.294. The second-order valence-electron chi connectivity index (χ2n) is 8.02. The Bertz CT molecular complexity index is 1160. The van der Waals surface area contributed by atoms with Gasteiger partial charge in [0, 0.05) is 34.1 Å². The van der Waals surface area contributed by atoms with Gasteiger partial charge in [-0.15, -0.1) is 0 Å². The van der Waals surface area contributed by atoms with Crippen LogP contribution in [0.15, 0.2) is 60.7 Å². The molecule has 32 heavy (non-hydrogen) atoms. The zero-order valence-electron chi connectivity index (χ0n) is 17.6. The molecule has 0 saturated heterocycles. The lowest BCUT2D eigenvalue weighted by Crippen LogP contribution is -2.19. The number of hydrogen-bond acceptors (Lipinski definition) is 4. The number of ether oxygens (including phenoxy) is 1. The van der Waals surface area contributed by atoms with Gasteiger partial charge in [0.1, 0.15) is 11.5 Å². The highest BCUT2D eigenvalue weighted by molar-refractivity contribution is 6.32. The maximum absolute atomic E-state index is 12.2. The fraction of sp³-hybridized carbons (Fsp3) is 0.174. The van der Waals surface area contributed by atoms with Crippen LogP contribution in [0.1, 0.15) is 26.3 Å². The van der Waals surface area contributed by atoms with Gasteiger partial charge in [0.2, 0.25) is 0 Å². The SMILES string of the molecule is CC(C)(C)c1cc(Cl)ccc1Oc1ccc(NC(=O)Nc2ccc([N+](=O)[O-])cc2)cc1Cl. The van der Waals surface area contributed by atoms with Gasteiger partial charge in [-0.1, -0.05) is 44.0 Å². The van der Waals surface area contributed by atoms with E-state index in [2.05, 4.69) is 31.4 Å². The van der Waals surface area contributed by atoms with Gasteiger partial charge in [0.25, 0.3) is 5.69 Å². The Labute approximate surface area is 195 Å². The average Bonchev–Trinajstić information content (AvgIpc) is 2.70. The summed E-state index contributed by atoms with van der Waals surface area (Å²) in [6.45, 7) is 6.18. The molecule has 0 fully saturated rings. The van der Waals surface area contributed by atoms with Gasteiger partial charge in [-0.2, -0.15) is 0 Å². The van der Waals surface area contributed by atoms with E-state index < -0.39 is 11.0 Å². The van der Waals surface area contributed by atoms with Gasteiger partial charge in [0.15, 0.2) is 0 Å². The summed E-state index contributed by atoms with van der Waals surface area (Å²) in [6.07, 6.45) is 0. The second-order valence-corrected chi connectivity index (χ2v) is 8.86. The van der Waals surface area contributed by atoms with Crippen LogP contribution < -0.4 is 15.4 Å². The number of nitro groups is 1. The Balaban J connectivity index is 1.70. The molecular weight excluding hydrogens is 453 g/mol. The van der Waals surface area contributed by atoms with Crippen LogP contribution in [0.25, 0.3) is 0 Å². The molecule has 2 N–H and O–H groups in total. The molecule has 7 nitrogen and oxygen atoms in total. The van der Waals surface area contributed by atoms with Crippen LogP contribution in [0.2, 0.25) is 10.0 Å². The molecular formula is C23H21Cl2N3O4. The smallest absolute Gasteiger partial charge is 0.323 e. The summed E-state index contributed by atoms with van der Waals surface area (Å²) in [6, 6.07) is 15.3. The zero-order valence-corrected chi connectivity index (χ0v) is 19.1. The average molecular weight is 474 g/mol. The second kappa shape index (κ2) is 9.46. The number of carbonyl (C=O) groups excluding carboxylic acids is 1. The summed E-state index contributed by atoms with van der Waals surface area (Å²) in [5.74, 6) is 1.07. The number of hydrogen-bond donors (Lipinski definition) is 2. The number of non-ortho nitro benzene ring substituents is 1. The van der Waals surface area contributed by atoms with Crippen molar-refractivity contribution in [2.75, 3.05) is 10.6 Å². The zero-order chi connectivity index (χ0) is 23.5. The van der Waals surface area contributed by atoms with Crippen molar-refractivity contribution in [3.05, 3.63) is 86.4 Å². The topological polar surface area (TPSA) is 93.5 Å². The molecule has 9 heteroatoms. The van der Waals surface area contributed by atoms with Crippen LogP contribution >= 0.6 is 23.2 Å². The highest BCUT2D eigenvalue weighted by Crippen LogP contribution is 2.38. The molecule has 0 unspecified atom stereocenters. The highest BCUT2D eigenvalue weighted by Gasteiger charge is 2.20. The Morgan fingerprint density at radius 1 is 0.906 bits per heavy atom. The molecule has 0 atom stereocenters. The summed E-state index contributed by atoms with van der Waals surface area (Å²) < 4.78 is 6.03. The van der Waals surface area contributed by atoms with Crippen LogP contribution in [-0.4, -0.2) is 11.0 Å². The van der Waals surface area contributed by atoms with Crippen LogP contribution in [0, 0.1) is 10.1 Å². The highest BCUT2D eigenvalue weighted by atomic mass is 35.5. The lowest BCUT2D eigenvalue weighted by Gasteiger charge is -2.23. The summed E-state index contributed by atoms with van der Waals surface area (Å²) in [5.41, 5.74) is 1.55. The van der Waals surface area contributed by atoms with Crippen molar-refractivity contribution in [1.82, 2.24) is 0 Å². The van der Waals surface area contributed by atoms with Crippen molar-refractivity contribution in [3.63, 3.8) is 0 Å². The number of halogens is 2. The molecule has 0 aliphatic heterocycles. The molecule has 2 amide bonds. The van der Waals surface area contributed by atoms with Gasteiger partial charge in [-0.3, -0.25) is 10.1 Å². The van der Waals surface area contributed by atoms with Gasteiger partial charge >= 0.3 is 6.03 Å². The molecule has 166 valence electrons. The first-order valence-electron chi connectivity index (χ1n) is 9.63. The molecule has 3 aromatic rings. The monoisotopic (exact) mass is 473 g/mol. The standard InChI is InChI=1S/C23H21Cl2N3O4/c1-23(2,3)18-12-14(24)4-10-20(18)32-21-11-7-16(13-19(21)25)27-22(29)26-15-5-8-17(9-6-15)28(30)31/h4-13H,1-3H3,(H2,26,27,29). The maximum atomic E-state index is 12.2. The third-order valence-electron chi connectivity index (χ3n) is 4.50. The van der Waals surface area contributed by atoms with Crippen molar-refractivity contribution >= 4 is 46.3 Å².